The van der Waals surface area contributed by atoms with E-state index in [1.54, 1.807) is 18.5 Å². The molecule has 0 radical (unpaired) electrons. The van der Waals surface area contributed by atoms with E-state index in [1.165, 1.54) is 12.1 Å². The summed E-state index contributed by atoms with van der Waals surface area (Å²) < 4.78 is 19.1. The van der Waals surface area contributed by atoms with Crippen molar-refractivity contribution in [2.75, 3.05) is 11.9 Å². The Morgan fingerprint density at radius 1 is 1.07 bits per heavy atom. The molecule has 6 heteroatoms. The van der Waals surface area contributed by atoms with E-state index in [9.17, 15) is 4.39 Å². The van der Waals surface area contributed by atoms with Crippen LogP contribution >= 0.6 is 0 Å². The van der Waals surface area contributed by atoms with Crippen LogP contribution in [-0.4, -0.2) is 28.5 Å². The van der Waals surface area contributed by atoms with Crippen molar-refractivity contribution < 1.29 is 9.13 Å². The van der Waals surface area contributed by atoms with Crippen LogP contribution < -0.4 is 5.32 Å². The van der Waals surface area contributed by atoms with E-state index in [2.05, 4.69) is 26.4 Å². The summed E-state index contributed by atoms with van der Waals surface area (Å²) in [6.45, 7) is 4.63. The molecular formula is C23H23FN4O. The number of hydrogen-bond donors (Lipinski definition) is 1. The number of nitrogens with zero attached hydrogens (tertiary/aromatic N) is 3. The molecule has 1 atom stereocenters. The largest absolute Gasteiger partial charge is 0.479 e. The van der Waals surface area contributed by atoms with Crippen molar-refractivity contribution in [3.8, 4) is 11.1 Å². The number of halogens is 1. The van der Waals surface area contributed by atoms with E-state index < -0.39 is 0 Å². The second kappa shape index (κ2) is 8.39. The van der Waals surface area contributed by atoms with E-state index in [0.717, 1.165) is 40.6 Å². The molecule has 0 saturated carbocycles. The Kier molecular flexibility index (Phi) is 5.51. The van der Waals surface area contributed by atoms with E-state index in [-0.39, 0.29) is 11.9 Å². The minimum absolute atomic E-state index is 0.149. The van der Waals surface area contributed by atoms with Crippen LogP contribution in [0.3, 0.4) is 0 Å². The fourth-order valence-corrected chi connectivity index (χ4v) is 3.30. The molecule has 1 aromatic heterocycles. The first-order valence-electron chi connectivity index (χ1n) is 9.75. The average molecular weight is 390 g/mol. The lowest BCUT2D eigenvalue weighted by Crippen LogP contribution is -2.29. The molecule has 0 aliphatic carbocycles. The Hall–Kier alpha value is -3.28. The Balaban J connectivity index is 1.67. The van der Waals surface area contributed by atoms with Gasteiger partial charge in [0.15, 0.2) is 0 Å². The van der Waals surface area contributed by atoms with Crippen LogP contribution in [0, 0.1) is 5.82 Å². The normalized spacial score (nSPS) is 17.3. The zero-order chi connectivity index (χ0) is 20.2. The molecule has 3 aromatic rings. The molecule has 1 aliphatic heterocycles. The van der Waals surface area contributed by atoms with Gasteiger partial charge in [0.25, 0.3) is 0 Å². The lowest BCUT2D eigenvalue weighted by molar-refractivity contribution is 0.286. The second-order valence-electron chi connectivity index (χ2n) is 7.11. The van der Waals surface area contributed by atoms with Gasteiger partial charge in [-0.15, -0.1) is 0 Å². The van der Waals surface area contributed by atoms with Gasteiger partial charge >= 0.3 is 0 Å². The maximum atomic E-state index is 13.3. The first-order chi connectivity index (χ1) is 14.1. The third-order valence-corrected chi connectivity index (χ3v) is 4.86. The lowest BCUT2D eigenvalue weighted by atomic mass is 10.0. The van der Waals surface area contributed by atoms with E-state index in [0.29, 0.717) is 18.3 Å². The van der Waals surface area contributed by atoms with Crippen molar-refractivity contribution in [1.82, 2.24) is 9.97 Å². The van der Waals surface area contributed by atoms with Gasteiger partial charge in [0.05, 0.1) is 12.1 Å². The number of nitrogens with one attached hydrogen (secondary N) is 1. The Bertz CT molecular complexity index is 1080. The van der Waals surface area contributed by atoms with Gasteiger partial charge in [0.2, 0.25) is 5.90 Å². The number of anilines is 1. The monoisotopic (exact) mass is 390 g/mol. The number of benzene rings is 2. The molecule has 0 saturated heterocycles. The number of aliphatic imine (C=N–C) groups is 1. The van der Waals surface area contributed by atoms with E-state index in [1.807, 2.05) is 32.0 Å². The van der Waals surface area contributed by atoms with Crippen molar-refractivity contribution >= 4 is 22.6 Å². The second-order valence-corrected chi connectivity index (χ2v) is 7.11. The SMILES string of the molecule is C/C1=C\CCCOC(C(C)Nc2ncnc3ccc(-c4ccc(F)cc4)cc23)=N1. The molecule has 148 valence electrons. The highest BCUT2D eigenvalue weighted by atomic mass is 19.1. The highest BCUT2D eigenvalue weighted by molar-refractivity contribution is 5.94. The summed E-state index contributed by atoms with van der Waals surface area (Å²) in [5, 5.41) is 4.31. The lowest BCUT2D eigenvalue weighted by Gasteiger charge is -2.20. The Morgan fingerprint density at radius 3 is 2.69 bits per heavy atom. The molecule has 2 aromatic carbocycles. The highest BCUT2D eigenvalue weighted by Gasteiger charge is 2.16. The quantitative estimate of drug-likeness (QED) is 0.652. The summed E-state index contributed by atoms with van der Waals surface area (Å²) in [7, 11) is 0. The van der Waals surface area contributed by atoms with Gasteiger partial charge < -0.3 is 10.1 Å². The zero-order valence-corrected chi connectivity index (χ0v) is 16.5. The summed E-state index contributed by atoms with van der Waals surface area (Å²) >= 11 is 0. The summed E-state index contributed by atoms with van der Waals surface area (Å²) in [4.78, 5) is 13.4. The molecule has 0 amide bonds. The first-order valence-corrected chi connectivity index (χ1v) is 9.75. The smallest absolute Gasteiger partial charge is 0.211 e. The van der Waals surface area contributed by atoms with Crippen molar-refractivity contribution in [3.63, 3.8) is 0 Å². The van der Waals surface area contributed by atoms with Gasteiger partial charge in [0, 0.05) is 11.1 Å². The summed E-state index contributed by atoms with van der Waals surface area (Å²) in [6.07, 6.45) is 5.62. The van der Waals surface area contributed by atoms with Crippen LogP contribution in [0.25, 0.3) is 22.0 Å². The van der Waals surface area contributed by atoms with Gasteiger partial charge in [-0.05, 0) is 62.1 Å². The predicted molar refractivity (Wildman–Crippen MR) is 114 cm³/mol. The molecule has 1 aliphatic rings. The number of rotatable bonds is 4. The van der Waals surface area contributed by atoms with Gasteiger partial charge in [-0.3, -0.25) is 0 Å². The Morgan fingerprint density at radius 2 is 1.86 bits per heavy atom. The number of hydrogen-bond acceptors (Lipinski definition) is 5. The molecule has 0 fully saturated rings. The van der Waals surface area contributed by atoms with Crippen molar-refractivity contribution in [1.29, 1.82) is 0 Å². The fourth-order valence-electron chi connectivity index (χ4n) is 3.30. The molecule has 2 heterocycles. The van der Waals surface area contributed by atoms with Crippen LogP contribution in [0.5, 0.6) is 0 Å². The van der Waals surface area contributed by atoms with Crippen LogP contribution in [-0.2, 0) is 4.74 Å². The topological polar surface area (TPSA) is 59.4 Å². The molecule has 1 N–H and O–H groups in total. The predicted octanol–water partition coefficient (Wildman–Crippen LogP) is 5.35. The maximum Gasteiger partial charge on any atom is 0.211 e. The fraction of sp³-hybridized carbons (Fsp3) is 0.261. The van der Waals surface area contributed by atoms with Crippen molar-refractivity contribution in [2.45, 2.75) is 32.7 Å². The number of fused-ring (bicyclic) bond motifs is 1. The third kappa shape index (κ3) is 4.42. The molecule has 1 unspecified atom stereocenters. The minimum Gasteiger partial charge on any atom is -0.479 e. The molecule has 0 spiro atoms. The Labute approximate surface area is 169 Å². The van der Waals surface area contributed by atoms with Crippen LogP contribution in [0.2, 0.25) is 0 Å². The average Bonchev–Trinajstić information content (AvgIpc) is 2.71. The van der Waals surface area contributed by atoms with Crippen LogP contribution in [0.1, 0.15) is 26.7 Å². The highest BCUT2D eigenvalue weighted by Crippen LogP contribution is 2.27. The molecule has 5 nitrogen and oxygen atoms in total. The number of aromatic nitrogens is 2. The van der Waals surface area contributed by atoms with Gasteiger partial charge in [0.1, 0.15) is 24.0 Å². The first kappa shape index (κ1) is 19.1. The van der Waals surface area contributed by atoms with Crippen molar-refractivity contribution in [3.05, 3.63) is 66.4 Å². The number of ether oxygens (including phenoxy) is 1. The van der Waals surface area contributed by atoms with Gasteiger partial charge in [-0.2, -0.15) is 0 Å². The van der Waals surface area contributed by atoms with Crippen LogP contribution in [0.15, 0.2) is 65.6 Å². The van der Waals surface area contributed by atoms with Gasteiger partial charge in [-0.1, -0.05) is 24.3 Å². The summed E-state index contributed by atoms with van der Waals surface area (Å²) in [5.41, 5.74) is 3.70. The molecule has 0 bridgehead atoms. The summed E-state index contributed by atoms with van der Waals surface area (Å²) in [5.74, 6) is 1.11. The van der Waals surface area contributed by atoms with E-state index >= 15 is 0 Å². The minimum atomic E-state index is -0.252. The standard InChI is InChI=1S/C23H23FN4O/c1-15-5-3-4-12-29-23(27-15)16(2)28-22-20-13-18(8-11-21(20)25-14-26-22)17-6-9-19(24)10-7-17/h5-11,13-14,16H,3-4,12H2,1-2H3,(H,25,26,28)/b15-5+,27-23?. The zero-order valence-electron chi connectivity index (χ0n) is 16.5. The van der Waals surface area contributed by atoms with E-state index in [4.69, 9.17) is 4.74 Å². The number of allylic oxidation sites excluding steroid dienone is 2. The maximum absolute atomic E-state index is 13.3. The molecule has 29 heavy (non-hydrogen) atoms. The third-order valence-electron chi connectivity index (χ3n) is 4.86. The summed E-state index contributed by atoms with van der Waals surface area (Å²) in [6, 6.07) is 12.2. The molecule has 4 rings (SSSR count). The van der Waals surface area contributed by atoms with Crippen LogP contribution in [0.4, 0.5) is 10.2 Å². The molecular weight excluding hydrogens is 367 g/mol. The van der Waals surface area contributed by atoms with Crippen molar-refractivity contribution in [2.24, 2.45) is 4.99 Å². The van der Waals surface area contributed by atoms with Gasteiger partial charge in [-0.25, -0.2) is 19.4 Å².